The van der Waals surface area contributed by atoms with Crippen LogP contribution in [0.15, 0.2) is 48.5 Å². The Kier molecular flexibility index (Phi) is 5.53. The number of carbonyl (C=O) groups is 3. The smallest absolute Gasteiger partial charge is 0.251 e. The molecule has 0 aromatic heterocycles. The predicted octanol–water partition coefficient (Wildman–Crippen LogP) is 2.84. The third-order valence-corrected chi connectivity index (χ3v) is 4.27. The molecule has 7 heteroatoms. The molecule has 1 aliphatic heterocycles. The van der Waals surface area contributed by atoms with E-state index >= 15 is 0 Å². The number of anilines is 2. The van der Waals surface area contributed by atoms with Crippen LogP contribution in [0.2, 0.25) is 5.02 Å². The van der Waals surface area contributed by atoms with Crippen molar-refractivity contribution in [1.82, 2.24) is 5.32 Å². The molecule has 2 aromatic carbocycles. The van der Waals surface area contributed by atoms with Crippen LogP contribution in [0.3, 0.4) is 0 Å². The second-order valence-corrected chi connectivity index (χ2v) is 6.37. The topological polar surface area (TPSA) is 78.5 Å². The molecule has 1 aliphatic rings. The minimum atomic E-state index is -0.356. The Morgan fingerprint density at radius 1 is 1.12 bits per heavy atom. The fourth-order valence-corrected chi connectivity index (χ4v) is 2.94. The zero-order valence-electron chi connectivity index (χ0n) is 14.0. The Hall–Kier alpha value is -2.86. The number of amides is 3. The number of benzene rings is 2. The Morgan fingerprint density at radius 3 is 2.54 bits per heavy atom. The van der Waals surface area contributed by atoms with E-state index in [1.54, 1.807) is 53.4 Å². The lowest BCUT2D eigenvalue weighted by atomic mass is 10.2. The van der Waals surface area contributed by atoms with Crippen LogP contribution >= 0.6 is 11.6 Å². The number of nitrogens with one attached hydrogen (secondary N) is 2. The molecular weight excluding hydrogens is 354 g/mol. The standard InChI is InChI=1S/C19H18ClN3O3/c20-14-3-1-4-15(11-14)22-17(24)12-21-19(26)13-6-8-16(9-7-13)23-10-2-5-18(23)25/h1,3-4,6-9,11H,2,5,10,12H2,(H,21,26)(H,22,24). The van der Waals surface area contributed by atoms with Gasteiger partial charge in [-0.05, 0) is 48.9 Å². The van der Waals surface area contributed by atoms with Gasteiger partial charge in [-0.1, -0.05) is 17.7 Å². The third kappa shape index (κ3) is 4.40. The molecule has 26 heavy (non-hydrogen) atoms. The van der Waals surface area contributed by atoms with E-state index in [1.807, 2.05) is 0 Å². The summed E-state index contributed by atoms with van der Waals surface area (Å²) < 4.78 is 0. The molecule has 0 atom stereocenters. The monoisotopic (exact) mass is 371 g/mol. The molecule has 0 saturated carbocycles. The number of carbonyl (C=O) groups excluding carboxylic acids is 3. The van der Waals surface area contributed by atoms with Crippen molar-refractivity contribution in [3.63, 3.8) is 0 Å². The number of hydrogen-bond donors (Lipinski definition) is 2. The van der Waals surface area contributed by atoms with Crippen LogP contribution in [0.1, 0.15) is 23.2 Å². The number of hydrogen-bond acceptors (Lipinski definition) is 3. The molecule has 2 N–H and O–H groups in total. The van der Waals surface area contributed by atoms with E-state index < -0.39 is 0 Å². The van der Waals surface area contributed by atoms with E-state index in [0.717, 1.165) is 12.1 Å². The van der Waals surface area contributed by atoms with E-state index in [4.69, 9.17) is 11.6 Å². The fraction of sp³-hybridized carbons (Fsp3) is 0.211. The van der Waals surface area contributed by atoms with Gasteiger partial charge in [-0.2, -0.15) is 0 Å². The lowest BCUT2D eigenvalue weighted by molar-refractivity contribution is -0.117. The van der Waals surface area contributed by atoms with Crippen molar-refractivity contribution in [2.75, 3.05) is 23.3 Å². The van der Waals surface area contributed by atoms with Crippen LogP contribution in [0.25, 0.3) is 0 Å². The van der Waals surface area contributed by atoms with Crippen LogP contribution in [0.4, 0.5) is 11.4 Å². The summed E-state index contributed by atoms with van der Waals surface area (Å²) in [5.41, 5.74) is 1.77. The average Bonchev–Trinajstić information content (AvgIpc) is 3.06. The van der Waals surface area contributed by atoms with Gasteiger partial charge in [0.15, 0.2) is 0 Å². The highest BCUT2D eigenvalue weighted by Crippen LogP contribution is 2.21. The first kappa shape index (κ1) is 17.9. The molecule has 1 saturated heterocycles. The van der Waals surface area contributed by atoms with Crippen molar-refractivity contribution in [2.24, 2.45) is 0 Å². The summed E-state index contributed by atoms with van der Waals surface area (Å²) in [4.78, 5) is 37.5. The van der Waals surface area contributed by atoms with Crippen molar-refractivity contribution >= 4 is 40.7 Å². The first-order valence-electron chi connectivity index (χ1n) is 8.27. The highest BCUT2D eigenvalue weighted by molar-refractivity contribution is 6.30. The molecule has 6 nitrogen and oxygen atoms in total. The van der Waals surface area contributed by atoms with Gasteiger partial charge < -0.3 is 15.5 Å². The quantitative estimate of drug-likeness (QED) is 0.848. The largest absolute Gasteiger partial charge is 0.343 e. The zero-order valence-corrected chi connectivity index (χ0v) is 14.8. The second kappa shape index (κ2) is 8.01. The van der Waals surface area contributed by atoms with Gasteiger partial charge in [0.1, 0.15) is 0 Å². The molecule has 0 spiro atoms. The summed E-state index contributed by atoms with van der Waals surface area (Å²) in [5, 5.41) is 5.74. The van der Waals surface area contributed by atoms with Gasteiger partial charge >= 0.3 is 0 Å². The lowest BCUT2D eigenvalue weighted by Gasteiger charge is -2.15. The Bertz CT molecular complexity index is 836. The minimum absolute atomic E-state index is 0.0971. The second-order valence-electron chi connectivity index (χ2n) is 5.94. The van der Waals surface area contributed by atoms with Crippen molar-refractivity contribution < 1.29 is 14.4 Å². The van der Waals surface area contributed by atoms with E-state index in [9.17, 15) is 14.4 Å². The molecule has 3 amide bonds. The molecule has 0 aliphatic carbocycles. The van der Waals surface area contributed by atoms with Crippen molar-refractivity contribution in [1.29, 1.82) is 0 Å². The summed E-state index contributed by atoms with van der Waals surface area (Å²) in [6, 6.07) is 13.5. The van der Waals surface area contributed by atoms with Gasteiger partial charge in [-0.15, -0.1) is 0 Å². The molecule has 0 unspecified atom stereocenters. The van der Waals surface area contributed by atoms with Crippen molar-refractivity contribution in [3.8, 4) is 0 Å². The van der Waals surface area contributed by atoms with Gasteiger partial charge in [0.25, 0.3) is 5.91 Å². The number of rotatable bonds is 5. The van der Waals surface area contributed by atoms with Gasteiger partial charge in [-0.3, -0.25) is 14.4 Å². The molecule has 0 bridgehead atoms. The number of nitrogens with zero attached hydrogens (tertiary/aromatic N) is 1. The summed E-state index contributed by atoms with van der Waals surface area (Å²) >= 11 is 5.86. The van der Waals surface area contributed by atoms with Gasteiger partial charge in [-0.25, -0.2) is 0 Å². The third-order valence-electron chi connectivity index (χ3n) is 4.03. The summed E-state index contributed by atoms with van der Waals surface area (Å²) in [5.74, 6) is -0.606. The molecular formula is C19H18ClN3O3. The molecule has 3 rings (SSSR count). The highest BCUT2D eigenvalue weighted by atomic mass is 35.5. The van der Waals surface area contributed by atoms with Crippen LogP contribution < -0.4 is 15.5 Å². The average molecular weight is 372 g/mol. The Morgan fingerprint density at radius 2 is 1.88 bits per heavy atom. The van der Waals surface area contributed by atoms with Crippen LogP contribution in [0.5, 0.6) is 0 Å². The molecule has 1 heterocycles. The SMILES string of the molecule is O=C(CNC(=O)c1ccc(N2CCCC2=O)cc1)Nc1cccc(Cl)c1. The Labute approximate surface area is 156 Å². The first-order valence-corrected chi connectivity index (χ1v) is 8.65. The summed E-state index contributed by atoms with van der Waals surface area (Å²) in [6.45, 7) is 0.547. The van der Waals surface area contributed by atoms with Crippen LogP contribution in [0, 0.1) is 0 Å². The lowest BCUT2D eigenvalue weighted by Crippen LogP contribution is -2.32. The highest BCUT2D eigenvalue weighted by Gasteiger charge is 2.21. The maximum atomic E-state index is 12.2. The van der Waals surface area contributed by atoms with Crippen molar-refractivity contribution in [3.05, 3.63) is 59.1 Å². The van der Waals surface area contributed by atoms with Gasteiger partial charge in [0.05, 0.1) is 6.54 Å². The fourth-order valence-electron chi connectivity index (χ4n) is 2.75. The molecule has 2 aromatic rings. The Balaban J connectivity index is 1.53. The summed E-state index contributed by atoms with van der Waals surface area (Å²) in [6.07, 6.45) is 1.41. The minimum Gasteiger partial charge on any atom is -0.343 e. The first-order chi connectivity index (χ1) is 12.5. The molecule has 0 radical (unpaired) electrons. The maximum absolute atomic E-state index is 12.2. The van der Waals surface area contributed by atoms with E-state index in [1.165, 1.54) is 0 Å². The van der Waals surface area contributed by atoms with E-state index in [2.05, 4.69) is 10.6 Å². The zero-order chi connectivity index (χ0) is 18.5. The van der Waals surface area contributed by atoms with E-state index in [0.29, 0.717) is 29.2 Å². The number of halogens is 1. The van der Waals surface area contributed by atoms with Gasteiger partial charge in [0.2, 0.25) is 11.8 Å². The normalized spacial score (nSPS) is 13.6. The summed E-state index contributed by atoms with van der Waals surface area (Å²) in [7, 11) is 0. The molecule has 134 valence electrons. The molecule has 1 fully saturated rings. The van der Waals surface area contributed by atoms with Crippen LogP contribution in [-0.2, 0) is 9.59 Å². The van der Waals surface area contributed by atoms with E-state index in [-0.39, 0.29) is 24.3 Å². The van der Waals surface area contributed by atoms with Crippen molar-refractivity contribution in [2.45, 2.75) is 12.8 Å². The van der Waals surface area contributed by atoms with Gasteiger partial charge in [0, 0.05) is 34.9 Å². The maximum Gasteiger partial charge on any atom is 0.251 e. The van der Waals surface area contributed by atoms with Crippen LogP contribution in [-0.4, -0.2) is 30.8 Å². The predicted molar refractivity (Wildman–Crippen MR) is 100 cm³/mol.